The predicted molar refractivity (Wildman–Crippen MR) is 38.5 cm³/mol. The normalized spacial score (nSPS) is 12.7. The summed E-state index contributed by atoms with van der Waals surface area (Å²) in [6.45, 7) is 5.43. The molecule has 0 saturated heterocycles. The SMILES string of the molecule is C[NH+](C)CC(C)(C)CO. The fourth-order valence-electron chi connectivity index (χ4n) is 1.01. The fourth-order valence-corrected chi connectivity index (χ4v) is 1.01. The van der Waals surface area contributed by atoms with Crippen molar-refractivity contribution in [2.75, 3.05) is 27.2 Å². The average Bonchev–Trinajstić information content (AvgIpc) is 1.63. The van der Waals surface area contributed by atoms with Gasteiger partial charge in [-0.2, -0.15) is 0 Å². The van der Waals surface area contributed by atoms with Crippen LogP contribution in [0.15, 0.2) is 0 Å². The van der Waals surface area contributed by atoms with E-state index in [2.05, 4.69) is 27.9 Å². The molecule has 2 N–H and O–H groups in total. The van der Waals surface area contributed by atoms with E-state index in [0.29, 0.717) is 0 Å². The van der Waals surface area contributed by atoms with E-state index in [1.165, 1.54) is 4.90 Å². The van der Waals surface area contributed by atoms with Crippen molar-refractivity contribution in [3.63, 3.8) is 0 Å². The van der Waals surface area contributed by atoms with Gasteiger partial charge in [-0.15, -0.1) is 0 Å². The Hall–Kier alpha value is -0.0800. The van der Waals surface area contributed by atoms with Crippen molar-refractivity contribution in [2.24, 2.45) is 5.41 Å². The van der Waals surface area contributed by atoms with Crippen LogP contribution in [-0.2, 0) is 0 Å². The van der Waals surface area contributed by atoms with Gasteiger partial charge in [0.25, 0.3) is 0 Å². The second-order valence-electron chi connectivity index (χ2n) is 3.71. The van der Waals surface area contributed by atoms with Crippen molar-refractivity contribution >= 4 is 0 Å². The largest absolute Gasteiger partial charge is 0.396 e. The van der Waals surface area contributed by atoms with Crippen LogP contribution in [0.1, 0.15) is 13.8 Å². The predicted octanol–water partition coefficient (Wildman–Crippen LogP) is -0.851. The molecule has 0 saturated carbocycles. The summed E-state index contributed by atoms with van der Waals surface area (Å²) in [7, 11) is 4.19. The van der Waals surface area contributed by atoms with Crippen LogP contribution >= 0.6 is 0 Å². The van der Waals surface area contributed by atoms with Gasteiger partial charge in [-0.25, -0.2) is 0 Å². The van der Waals surface area contributed by atoms with Crippen molar-refractivity contribution in [3.05, 3.63) is 0 Å². The van der Waals surface area contributed by atoms with Gasteiger partial charge in [-0.3, -0.25) is 0 Å². The Morgan fingerprint density at radius 3 is 1.89 bits per heavy atom. The molecule has 0 aliphatic heterocycles. The van der Waals surface area contributed by atoms with Crippen LogP contribution in [0.2, 0.25) is 0 Å². The van der Waals surface area contributed by atoms with Crippen LogP contribution in [0.25, 0.3) is 0 Å². The Balaban J connectivity index is 3.58. The van der Waals surface area contributed by atoms with E-state index in [1.54, 1.807) is 0 Å². The molecule has 0 aromatic carbocycles. The first-order valence-corrected chi connectivity index (χ1v) is 3.38. The van der Waals surface area contributed by atoms with Crippen LogP contribution in [-0.4, -0.2) is 32.4 Å². The van der Waals surface area contributed by atoms with Crippen molar-refractivity contribution in [3.8, 4) is 0 Å². The molecular formula is C7H18NO+. The maximum Gasteiger partial charge on any atom is 0.0840 e. The molecule has 0 heterocycles. The van der Waals surface area contributed by atoms with Gasteiger partial charge in [-0.05, 0) is 0 Å². The zero-order valence-corrected chi connectivity index (χ0v) is 6.86. The maximum absolute atomic E-state index is 8.83. The Morgan fingerprint density at radius 1 is 1.33 bits per heavy atom. The zero-order chi connectivity index (χ0) is 7.49. The number of aliphatic hydroxyl groups excluding tert-OH is 1. The topological polar surface area (TPSA) is 24.7 Å². The molecule has 0 bridgehead atoms. The molecule has 0 amide bonds. The molecule has 0 fully saturated rings. The third-order valence-electron chi connectivity index (χ3n) is 1.26. The summed E-state index contributed by atoms with van der Waals surface area (Å²) in [6.07, 6.45) is 0. The van der Waals surface area contributed by atoms with E-state index >= 15 is 0 Å². The molecule has 0 rings (SSSR count). The van der Waals surface area contributed by atoms with Crippen LogP contribution in [0.3, 0.4) is 0 Å². The molecule has 0 unspecified atom stereocenters. The zero-order valence-electron chi connectivity index (χ0n) is 6.86. The second-order valence-corrected chi connectivity index (χ2v) is 3.71. The number of rotatable bonds is 3. The quantitative estimate of drug-likeness (QED) is 0.513. The Kier molecular flexibility index (Phi) is 3.15. The molecule has 56 valence electrons. The highest BCUT2D eigenvalue weighted by molar-refractivity contribution is 4.63. The minimum atomic E-state index is 0.0822. The van der Waals surface area contributed by atoms with Crippen molar-refractivity contribution in [1.82, 2.24) is 0 Å². The van der Waals surface area contributed by atoms with E-state index in [4.69, 9.17) is 5.11 Å². The summed E-state index contributed by atoms with van der Waals surface area (Å²) in [5.74, 6) is 0. The molecule has 0 radical (unpaired) electrons. The van der Waals surface area contributed by atoms with Crippen molar-refractivity contribution in [2.45, 2.75) is 13.8 Å². The summed E-state index contributed by atoms with van der Waals surface area (Å²) in [6, 6.07) is 0. The van der Waals surface area contributed by atoms with Gasteiger partial charge in [0.15, 0.2) is 0 Å². The third kappa shape index (κ3) is 4.43. The van der Waals surface area contributed by atoms with E-state index < -0.39 is 0 Å². The Labute approximate surface area is 57.5 Å². The van der Waals surface area contributed by atoms with Gasteiger partial charge in [0.1, 0.15) is 0 Å². The molecular weight excluding hydrogens is 114 g/mol. The molecule has 0 aliphatic rings. The third-order valence-corrected chi connectivity index (χ3v) is 1.26. The molecule has 0 aromatic rings. The first-order chi connectivity index (χ1) is 3.98. The lowest BCUT2D eigenvalue weighted by Crippen LogP contribution is -3.07. The van der Waals surface area contributed by atoms with Gasteiger partial charge in [-0.1, -0.05) is 13.8 Å². The molecule has 0 aromatic heterocycles. The van der Waals surface area contributed by atoms with Crippen LogP contribution in [0.5, 0.6) is 0 Å². The Morgan fingerprint density at radius 2 is 1.78 bits per heavy atom. The summed E-state index contributed by atoms with van der Waals surface area (Å²) in [5.41, 5.74) is 0.0822. The number of hydrogen-bond acceptors (Lipinski definition) is 1. The van der Waals surface area contributed by atoms with Crippen molar-refractivity contribution < 1.29 is 10.0 Å². The number of hydrogen-bond donors (Lipinski definition) is 2. The molecule has 0 spiro atoms. The van der Waals surface area contributed by atoms with Gasteiger partial charge < -0.3 is 10.0 Å². The first-order valence-electron chi connectivity index (χ1n) is 3.38. The lowest BCUT2D eigenvalue weighted by atomic mass is 9.95. The fraction of sp³-hybridized carbons (Fsp3) is 1.00. The smallest absolute Gasteiger partial charge is 0.0840 e. The highest BCUT2D eigenvalue weighted by Crippen LogP contribution is 2.08. The monoisotopic (exact) mass is 132 g/mol. The molecule has 0 atom stereocenters. The number of nitrogens with one attached hydrogen (secondary N) is 1. The maximum atomic E-state index is 8.83. The van der Waals surface area contributed by atoms with Crippen LogP contribution in [0.4, 0.5) is 0 Å². The summed E-state index contributed by atoms with van der Waals surface area (Å²) >= 11 is 0. The van der Waals surface area contributed by atoms with Gasteiger partial charge in [0.05, 0.1) is 27.2 Å². The minimum Gasteiger partial charge on any atom is -0.396 e. The van der Waals surface area contributed by atoms with Crippen molar-refractivity contribution in [1.29, 1.82) is 0 Å². The first kappa shape index (κ1) is 8.92. The van der Waals surface area contributed by atoms with E-state index in [0.717, 1.165) is 6.54 Å². The lowest BCUT2D eigenvalue weighted by Gasteiger charge is -2.22. The summed E-state index contributed by atoms with van der Waals surface area (Å²) in [4.78, 5) is 1.38. The molecule has 2 heteroatoms. The average molecular weight is 132 g/mol. The minimum absolute atomic E-state index is 0.0822. The van der Waals surface area contributed by atoms with E-state index in [-0.39, 0.29) is 12.0 Å². The second kappa shape index (κ2) is 3.18. The highest BCUT2D eigenvalue weighted by atomic mass is 16.3. The molecule has 0 aliphatic carbocycles. The van der Waals surface area contributed by atoms with E-state index in [9.17, 15) is 0 Å². The molecule has 9 heavy (non-hydrogen) atoms. The van der Waals surface area contributed by atoms with Crippen LogP contribution < -0.4 is 4.90 Å². The van der Waals surface area contributed by atoms with E-state index in [1.807, 2.05) is 0 Å². The van der Waals surface area contributed by atoms with Crippen LogP contribution in [0, 0.1) is 5.41 Å². The standard InChI is InChI=1S/C7H17NO/c1-7(2,6-9)5-8(3)4/h9H,5-6H2,1-4H3/p+1. The summed E-state index contributed by atoms with van der Waals surface area (Å²) < 4.78 is 0. The van der Waals surface area contributed by atoms with Gasteiger partial charge in [0, 0.05) is 5.41 Å². The summed E-state index contributed by atoms with van der Waals surface area (Å²) in [5, 5.41) is 8.83. The number of aliphatic hydroxyl groups is 1. The van der Waals surface area contributed by atoms with Gasteiger partial charge >= 0.3 is 0 Å². The van der Waals surface area contributed by atoms with Gasteiger partial charge in [0.2, 0.25) is 0 Å². The molecule has 2 nitrogen and oxygen atoms in total. The Bertz CT molecular complexity index is 79.0. The number of quaternary nitrogens is 1. The highest BCUT2D eigenvalue weighted by Gasteiger charge is 2.19. The lowest BCUT2D eigenvalue weighted by molar-refractivity contribution is -0.865.